The van der Waals surface area contributed by atoms with Crippen LogP contribution in [0.2, 0.25) is 0 Å². The van der Waals surface area contributed by atoms with Crippen molar-refractivity contribution < 1.29 is 19.1 Å². The molecule has 190 valence electrons. The van der Waals surface area contributed by atoms with Crippen molar-refractivity contribution in [3.63, 3.8) is 0 Å². The average Bonchev–Trinajstić information content (AvgIpc) is 3.27. The second-order valence-corrected chi connectivity index (χ2v) is 8.68. The Morgan fingerprint density at radius 3 is 2.32 bits per heavy atom. The summed E-state index contributed by atoms with van der Waals surface area (Å²) in [6.07, 6.45) is 2.02. The summed E-state index contributed by atoms with van der Waals surface area (Å²) in [4.78, 5) is 38.3. The highest BCUT2D eigenvalue weighted by Gasteiger charge is 2.23. The molecular weight excluding hydrogens is 468 g/mol. The van der Waals surface area contributed by atoms with Gasteiger partial charge in [-0.05, 0) is 36.6 Å². The maximum atomic E-state index is 13.2. The molecule has 4 aromatic rings. The average molecular weight is 499 g/mol. The van der Waals surface area contributed by atoms with Crippen molar-refractivity contribution in [1.29, 1.82) is 0 Å². The molecule has 1 aromatic heterocycles. The van der Waals surface area contributed by atoms with Gasteiger partial charge in [0, 0.05) is 36.4 Å². The van der Waals surface area contributed by atoms with Crippen LogP contribution in [0.15, 0.2) is 91.1 Å². The number of carbonyl (C=O) groups excluding carboxylic acids is 3. The van der Waals surface area contributed by atoms with Crippen LogP contribution in [0.3, 0.4) is 0 Å². The number of nitrogens with zero attached hydrogens (tertiary/aromatic N) is 1. The number of amides is 3. The van der Waals surface area contributed by atoms with Gasteiger partial charge in [0.1, 0.15) is 12.6 Å². The number of rotatable bonds is 10. The number of nitrogens with one attached hydrogen (secondary N) is 3. The van der Waals surface area contributed by atoms with E-state index in [0.29, 0.717) is 30.6 Å². The minimum Gasteiger partial charge on any atom is -0.445 e. The van der Waals surface area contributed by atoms with Crippen molar-refractivity contribution in [2.75, 3.05) is 11.9 Å². The van der Waals surface area contributed by atoms with E-state index in [1.54, 1.807) is 18.3 Å². The molecule has 37 heavy (non-hydrogen) atoms. The zero-order valence-electron chi connectivity index (χ0n) is 20.6. The third-order valence-corrected chi connectivity index (χ3v) is 5.96. The van der Waals surface area contributed by atoms with Crippen LogP contribution in [0.5, 0.6) is 0 Å². The van der Waals surface area contributed by atoms with Gasteiger partial charge in [-0.2, -0.15) is 0 Å². The zero-order chi connectivity index (χ0) is 26.0. The quantitative estimate of drug-likeness (QED) is 0.278. The Bertz CT molecular complexity index is 1350. The number of ether oxygens (including phenoxy) is 1. The molecule has 0 unspecified atom stereocenters. The molecule has 4 rings (SSSR count). The topological polar surface area (TPSA) is 101 Å². The van der Waals surface area contributed by atoms with Gasteiger partial charge in [-0.1, -0.05) is 66.7 Å². The van der Waals surface area contributed by atoms with E-state index in [-0.39, 0.29) is 18.4 Å². The lowest BCUT2D eigenvalue weighted by molar-refractivity contribution is -0.118. The van der Waals surface area contributed by atoms with Crippen LogP contribution >= 0.6 is 0 Å². The van der Waals surface area contributed by atoms with Crippen LogP contribution in [0.4, 0.5) is 10.5 Å². The minimum absolute atomic E-state index is 0.176. The summed E-state index contributed by atoms with van der Waals surface area (Å²) in [6, 6.07) is 25.3. The Hall–Kier alpha value is -4.59. The van der Waals surface area contributed by atoms with Gasteiger partial charge in [0.2, 0.25) is 5.91 Å². The molecule has 0 saturated carbocycles. The second kappa shape index (κ2) is 12.4. The highest BCUT2D eigenvalue weighted by Crippen LogP contribution is 2.20. The van der Waals surface area contributed by atoms with Gasteiger partial charge in [-0.25, -0.2) is 4.79 Å². The Morgan fingerprint density at radius 2 is 1.57 bits per heavy atom. The first-order chi connectivity index (χ1) is 18.0. The van der Waals surface area contributed by atoms with Crippen molar-refractivity contribution >= 4 is 34.5 Å². The van der Waals surface area contributed by atoms with Crippen LogP contribution in [-0.2, 0) is 23.2 Å². The maximum absolute atomic E-state index is 13.2. The van der Waals surface area contributed by atoms with Crippen molar-refractivity contribution in [2.24, 2.45) is 7.05 Å². The van der Waals surface area contributed by atoms with Crippen LogP contribution in [0, 0.1) is 0 Å². The normalized spacial score (nSPS) is 11.5. The summed E-state index contributed by atoms with van der Waals surface area (Å²) >= 11 is 0. The fourth-order valence-electron chi connectivity index (χ4n) is 4.05. The van der Waals surface area contributed by atoms with E-state index < -0.39 is 12.1 Å². The third-order valence-electron chi connectivity index (χ3n) is 5.96. The fourth-order valence-corrected chi connectivity index (χ4v) is 4.05. The number of hydrogen-bond acceptors (Lipinski definition) is 4. The van der Waals surface area contributed by atoms with E-state index in [0.717, 1.165) is 16.5 Å². The fraction of sp³-hybridized carbons (Fsp3) is 0.207. The zero-order valence-corrected chi connectivity index (χ0v) is 20.6. The number of anilines is 1. The SMILES string of the molecule is Cn1cc(C(=O)N[C@@H](CCCNC(=O)OCc2ccccc2)C(=O)Nc2ccccc2)c2ccccc21. The van der Waals surface area contributed by atoms with Gasteiger partial charge in [-0.3, -0.25) is 9.59 Å². The van der Waals surface area contributed by atoms with Gasteiger partial charge in [0.25, 0.3) is 5.91 Å². The molecule has 0 bridgehead atoms. The molecular formula is C29H30N4O4. The summed E-state index contributed by atoms with van der Waals surface area (Å²) in [5.74, 6) is -0.660. The number of aromatic nitrogens is 1. The number of benzene rings is 3. The molecule has 0 fully saturated rings. The van der Waals surface area contributed by atoms with Crippen molar-refractivity contribution in [1.82, 2.24) is 15.2 Å². The molecule has 1 atom stereocenters. The Labute approximate surface area is 215 Å². The van der Waals surface area contributed by atoms with Crippen LogP contribution in [-0.4, -0.2) is 35.1 Å². The van der Waals surface area contributed by atoms with Gasteiger partial charge in [-0.15, -0.1) is 0 Å². The van der Waals surface area contributed by atoms with E-state index in [4.69, 9.17) is 4.74 Å². The van der Waals surface area contributed by atoms with E-state index >= 15 is 0 Å². The molecule has 3 aromatic carbocycles. The van der Waals surface area contributed by atoms with E-state index in [9.17, 15) is 14.4 Å². The molecule has 0 spiro atoms. The molecule has 3 N–H and O–H groups in total. The molecule has 0 saturated heterocycles. The lowest BCUT2D eigenvalue weighted by Gasteiger charge is -2.18. The van der Waals surface area contributed by atoms with Crippen LogP contribution in [0.25, 0.3) is 10.9 Å². The monoisotopic (exact) mass is 498 g/mol. The summed E-state index contributed by atoms with van der Waals surface area (Å²) < 4.78 is 7.11. The number of alkyl carbamates (subject to hydrolysis) is 1. The Morgan fingerprint density at radius 1 is 0.892 bits per heavy atom. The summed E-state index contributed by atoms with van der Waals surface area (Å²) in [5.41, 5.74) is 2.96. The largest absolute Gasteiger partial charge is 0.445 e. The molecule has 3 amide bonds. The van der Waals surface area contributed by atoms with Gasteiger partial charge in [0.15, 0.2) is 0 Å². The van der Waals surface area contributed by atoms with Gasteiger partial charge >= 0.3 is 6.09 Å². The van der Waals surface area contributed by atoms with Crippen LogP contribution in [0.1, 0.15) is 28.8 Å². The second-order valence-electron chi connectivity index (χ2n) is 8.68. The number of fused-ring (bicyclic) bond motifs is 1. The standard InChI is InChI=1S/C29H30N4O4/c1-33-19-24(23-15-8-9-17-26(23)33)27(34)32-25(28(35)31-22-13-6-3-7-14-22)16-10-18-30-29(36)37-20-21-11-4-2-5-12-21/h2-9,11-15,17,19,25H,10,16,18,20H2,1H3,(H,30,36)(H,31,35)(H,32,34)/t25-/m0/s1. The first kappa shape index (κ1) is 25.5. The predicted molar refractivity (Wildman–Crippen MR) is 143 cm³/mol. The molecule has 8 nitrogen and oxygen atoms in total. The number of aryl methyl sites for hydroxylation is 1. The summed E-state index contributed by atoms with van der Waals surface area (Å²) in [7, 11) is 1.88. The predicted octanol–water partition coefficient (Wildman–Crippen LogP) is 4.62. The third kappa shape index (κ3) is 6.98. The highest BCUT2D eigenvalue weighted by molar-refractivity contribution is 6.09. The first-order valence-corrected chi connectivity index (χ1v) is 12.2. The van der Waals surface area contributed by atoms with Gasteiger partial charge in [0.05, 0.1) is 5.56 Å². The highest BCUT2D eigenvalue weighted by atomic mass is 16.5. The number of carbonyl (C=O) groups is 3. The van der Waals surface area contributed by atoms with Crippen molar-refractivity contribution in [3.05, 3.63) is 102 Å². The molecule has 0 aliphatic carbocycles. The maximum Gasteiger partial charge on any atom is 0.407 e. The number of para-hydroxylation sites is 2. The van der Waals surface area contributed by atoms with Crippen molar-refractivity contribution in [2.45, 2.75) is 25.5 Å². The Balaban J connectivity index is 1.36. The first-order valence-electron chi connectivity index (χ1n) is 12.2. The number of hydrogen-bond donors (Lipinski definition) is 3. The van der Waals surface area contributed by atoms with Crippen molar-refractivity contribution in [3.8, 4) is 0 Å². The molecule has 1 heterocycles. The molecule has 0 radical (unpaired) electrons. The molecule has 0 aliphatic rings. The van der Waals surface area contributed by atoms with Gasteiger partial charge < -0.3 is 25.3 Å². The smallest absolute Gasteiger partial charge is 0.407 e. The lowest BCUT2D eigenvalue weighted by Crippen LogP contribution is -2.44. The van der Waals surface area contributed by atoms with Crippen LogP contribution < -0.4 is 16.0 Å². The minimum atomic E-state index is -0.797. The summed E-state index contributed by atoms with van der Waals surface area (Å²) in [5, 5.41) is 9.26. The van der Waals surface area contributed by atoms with E-state index in [1.165, 1.54) is 0 Å². The summed E-state index contributed by atoms with van der Waals surface area (Å²) in [6.45, 7) is 0.475. The van der Waals surface area contributed by atoms with E-state index in [2.05, 4.69) is 16.0 Å². The molecule has 8 heteroatoms. The molecule has 0 aliphatic heterocycles. The Kier molecular flexibility index (Phi) is 8.54. The van der Waals surface area contributed by atoms with E-state index in [1.807, 2.05) is 84.4 Å². The lowest BCUT2D eigenvalue weighted by atomic mass is 10.1.